The van der Waals surface area contributed by atoms with Crippen LogP contribution in [-0.2, 0) is 6.42 Å². The average molecular weight is 248 g/mol. The molecule has 0 aliphatic heterocycles. The number of aromatic nitrogens is 1. The number of aryl methyl sites for hydroxylation is 1. The third-order valence-electron chi connectivity index (χ3n) is 3.37. The van der Waals surface area contributed by atoms with Crippen molar-refractivity contribution in [3.8, 4) is 0 Å². The number of pyridine rings is 1. The van der Waals surface area contributed by atoms with Crippen molar-refractivity contribution in [2.75, 3.05) is 5.73 Å². The minimum atomic E-state index is 0.781. The first-order valence-corrected chi connectivity index (χ1v) is 6.42. The number of nitrogens with zero attached hydrogens (tertiary/aromatic N) is 1. The molecule has 3 rings (SSSR count). The van der Waals surface area contributed by atoms with Gasteiger partial charge in [-0.05, 0) is 48.7 Å². The fourth-order valence-electron chi connectivity index (χ4n) is 2.33. The van der Waals surface area contributed by atoms with Gasteiger partial charge in [-0.3, -0.25) is 4.98 Å². The molecule has 0 aliphatic carbocycles. The van der Waals surface area contributed by atoms with Gasteiger partial charge in [0.2, 0.25) is 0 Å². The Kier molecular flexibility index (Phi) is 2.92. The van der Waals surface area contributed by atoms with Gasteiger partial charge in [-0.1, -0.05) is 30.3 Å². The van der Waals surface area contributed by atoms with E-state index in [1.54, 1.807) is 0 Å². The van der Waals surface area contributed by atoms with Crippen molar-refractivity contribution in [2.45, 2.75) is 13.3 Å². The normalized spacial score (nSPS) is 10.8. The van der Waals surface area contributed by atoms with E-state index in [1.807, 2.05) is 24.3 Å². The molecule has 2 N–H and O–H groups in total. The minimum Gasteiger partial charge on any atom is -0.399 e. The molecule has 94 valence electrons. The third-order valence-corrected chi connectivity index (χ3v) is 3.37. The molecule has 0 spiro atoms. The van der Waals surface area contributed by atoms with Gasteiger partial charge in [0, 0.05) is 16.8 Å². The zero-order valence-corrected chi connectivity index (χ0v) is 10.9. The van der Waals surface area contributed by atoms with Crippen LogP contribution >= 0.6 is 0 Å². The highest BCUT2D eigenvalue weighted by Gasteiger charge is 2.04. The highest BCUT2D eigenvalue weighted by Crippen LogP contribution is 2.21. The van der Waals surface area contributed by atoms with Crippen LogP contribution in [0.4, 0.5) is 5.69 Å². The summed E-state index contributed by atoms with van der Waals surface area (Å²) in [5.74, 6) is 0. The first-order chi connectivity index (χ1) is 9.22. The molecule has 0 atom stereocenters. The van der Waals surface area contributed by atoms with Gasteiger partial charge >= 0.3 is 0 Å². The summed E-state index contributed by atoms with van der Waals surface area (Å²) in [4.78, 5) is 4.66. The monoisotopic (exact) mass is 248 g/mol. The Morgan fingerprint density at radius 2 is 1.79 bits per heavy atom. The Labute approximate surface area is 112 Å². The van der Waals surface area contributed by atoms with Crippen LogP contribution in [0.5, 0.6) is 0 Å². The van der Waals surface area contributed by atoms with Crippen LogP contribution in [0.2, 0.25) is 0 Å². The Morgan fingerprint density at radius 3 is 2.58 bits per heavy atom. The summed E-state index contributed by atoms with van der Waals surface area (Å²) < 4.78 is 0. The van der Waals surface area contributed by atoms with Crippen molar-refractivity contribution in [1.82, 2.24) is 4.98 Å². The van der Waals surface area contributed by atoms with E-state index in [-0.39, 0.29) is 0 Å². The summed E-state index contributed by atoms with van der Waals surface area (Å²) in [5, 5.41) is 1.11. The number of rotatable bonds is 2. The van der Waals surface area contributed by atoms with E-state index in [2.05, 4.69) is 42.2 Å². The molecule has 0 saturated carbocycles. The lowest BCUT2D eigenvalue weighted by molar-refractivity contribution is 1.10. The van der Waals surface area contributed by atoms with Crippen LogP contribution in [0.3, 0.4) is 0 Å². The van der Waals surface area contributed by atoms with Crippen molar-refractivity contribution in [1.29, 1.82) is 0 Å². The molecule has 0 unspecified atom stereocenters. The molecule has 0 bridgehead atoms. The van der Waals surface area contributed by atoms with Gasteiger partial charge < -0.3 is 5.73 Å². The van der Waals surface area contributed by atoms with E-state index >= 15 is 0 Å². The number of benzene rings is 2. The molecule has 0 amide bonds. The number of hydrogen-bond acceptors (Lipinski definition) is 2. The molecule has 3 aromatic rings. The zero-order valence-electron chi connectivity index (χ0n) is 10.9. The molecular weight excluding hydrogens is 232 g/mol. The molecule has 2 nitrogen and oxygen atoms in total. The molecule has 1 aromatic heterocycles. The Hall–Kier alpha value is -2.35. The van der Waals surface area contributed by atoms with Crippen LogP contribution in [0.1, 0.15) is 16.8 Å². The SMILES string of the molecule is Cc1nc2ccc(N)cc2cc1Cc1ccccc1. The largest absolute Gasteiger partial charge is 0.399 e. The van der Waals surface area contributed by atoms with E-state index in [0.717, 1.165) is 28.7 Å². The Balaban J connectivity index is 2.06. The van der Waals surface area contributed by atoms with E-state index in [9.17, 15) is 0 Å². The second kappa shape index (κ2) is 4.73. The van der Waals surface area contributed by atoms with Crippen molar-refractivity contribution in [2.24, 2.45) is 0 Å². The average Bonchev–Trinajstić information content (AvgIpc) is 2.41. The predicted molar refractivity (Wildman–Crippen MR) is 80.1 cm³/mol. The van der Waals surface area contributed by atoms with Crippen molar-refractivity contribution in [3.63, 3.8) is 0 Å². The highest BCUT2D eigenvalue weighted by atomic mass is 14.7. The van der Waals surface area contributed by atoms with Crippen LogP contribution in [0.15, 0.2) is 54.6 Å². The summed E-state index contributed by atoms with van der Waals surface area (Å²) in [6.45, 7) is 2.06. The van der Waals surface area contributed by atoms with E-state index < -0.39 is 0 Å². The van der Waals surface area contributed by atoms with Gasteiger partial charge in [-0.25, -0.2) is 0 Å². The third kappa shape index (κ3) is 2.43. The predicted octanol–water partition coefficient (Wildman–Crippen LogP) is 3.72. The number of nitrogens with two attached hydrogens (primary N) is 1. The Morgan fingerprint density at radius 1 is 1.00 bits per heavy atom. The topological polar surface area (TPSA) is 38.9 Å². The number of nitrogen functional groups attached to an aromatic ring is 1. The first kappa shape index (κ1) is 11.7. The fraction of sp³-hybridized carbons (Fsp3) is 0.118. The molecule has 0 fully saturated rings. The zero-order chi connectivity index (χ0) is 13.2. The summed E-state index contributed by atoms with van der Waals surface area (Å²) >= 11 is 0. The van der Waals surface area contributed by atoms with Crippen molar-refractivity contribution >= 4 is 16.6 Å². The van der Waals surface area contributed by atoms with Gasteiger partial charge in [-0.15, -0.1) is 0 Å². The van der Waals surface area contributed by atoms with E-state index in [4.69, 9.17) is 5.73 Å². The maximum atomic E-state index is 5.84. The van der Waals surface area contributed by atoms with Gasteiger partial charge in [0.1, 0.15) is 0 Å². The summed E-state index contributed by atoms with van der Waals surface area (Å²) in [7, 11) is 0. The van der Waals surface area contributed by atoms with E-state index in [1.165, 1.54) is 11.1 Å². The number of fused-ring (bicyclic) bond motifs is 1. The molecule has 2 aromatic carbocycles. The fourth-order valence-corrected chi connectivity index (χ4v) is 2.33. The smallest absolute Gasteiger partial charge is 0.0706 e. The summed E-state index contributed by atoms with van der Waals surface area (Å²) in [6, 6.07) is 18.5. The van der Waals surface area contributed by atoms with Crippen molar-refractivity contribution < 1.29 is 0 Å². The minimum absolute atomic E-state index is 0.781. The van der Waals surface area contributed by atoms with Gasteiger partial charge in [0.05, 0.1) is 5.52 Å². The maximum Gasteiger partial charge on any atom is 0.0706 e. The standard InChI is InChI=1S/C17H16N2/c1-12-14(9-13-5-3-2-4-6-13)10-15-11-16(18)7-8-17(15)19-12/h2-8,10-11H,9,18H2,1H3. The molecule has 19 heavy (non-hydrogen) atoms. The number of hydrogen-bond donors (Lipinski definition) is 1. The lowest BCUT2D eigenvalue weighted by Gasteiger charge is -2.08. The van der Waals surface area contributed by atoms with Gasteiger partial charge in [0.15, 0.2) is 0 Å². The quantitative estimate of drug-likeness (QED) is 0.702. The Bertz CT molecular complexity index is 718. The van der Waals surface area contributed by atoms with Crippen LogP contribution in [-0.4, -0.2) is 4.98 Å². The van der Waals surface area contributed by atoms with E-state index in [0.29, 0.717) is 0 Å². The first-order valence-electron chi connectivity index (χ1n) is 6.42. The summed E-state index contributed by atoms with van der Waals surface area (Å²) in [6.07, 6.45) is 0.907. The number of anilines is 1. The summed E-state index contributed by atoms with van der Waals surface area (Å²) in [5.41, 5.74) is 11.3. The van der Waals surface area contributed by atoms with Crippen LogP contribution in [0, 0.1) is 6.92 Å². The van der Waals surface area contributed by atoms with Crippen LogP contribution < -0.4 is 5.73 Å². The highest BCUT2D eigenvalue weighted by molar-refractivity contribution is 5.82. The molecule has 2 heteroatoms. The molecule has 0 saturated heterocycles. The molecule has 0 radical (unpaired) electrons. The van der Waals surface area contributed by atoms with Gasteiger partial charge in [0.25, 0.3) is 0 Å². The maximum absolute atomic E-state index is 5.84. The second-order valence-corrected chi connectivity index (χ2v) is 4.85. The van der Waals surface area contributed by atoms with Crippen molar-refractivity contribution in [3.05, 3.63) is 71.4 Å². The van der Waals surface area contributed by atoms with Crippen LogP contribution in [0.25, 0.3) is 10.9 Å². The lowest BCUT2D eigenvalue weighted by atomic mass is 10.0. The molecule has 1 heterocycles. The second-order valence-electron chi connectivity index (χ2n) is 4.85. The lowest BCUT2D eigenvalue weighted by Crippen LogP contribution is -1.96. The molecular formula is C17H16N2. The molecule has 0 aliphatic rings. The van der Waals surface area contributed by atoms with Gasteiger partial charge in [-0.2, -0.15) is 0 Å².